The van der Waals surface area contributed by atoms with Gasteiger partial charge in [-0.05, 0) is 43.8 Å². The Morgan fingerprint density at radius 3 is 2.56 bits per heavy atom. The molecule has 3 rings (SSSR count). The molecule has 0 fully saturated rings. The summed E-state index contributed by atoms with van der Waals surface area (Å²) in [6.07, 6.45) is 9.48. The summed E-state index contributed by atoms with van der Waals surface area (Å²) in [5.74, 6) is -0.0634. The molecular formula is C23H31FN6O2. The Labute approximate surface area is 188 Å². The van der Waals surface area contributed by atoms with Crippen molar-refractivity contribution in [3.8, 4) is 11.1 Å². The quantitative estimate of drug-likeness (QED) is 0.687. The standard InChI is InChI=1S/C20H22FN5O2.C3H9N/c1-25(2)20(28)13-26-12-16(11-23-26)15-6-7-18(22-10-15)24-19(27)9-14-4-3-5-17(21)8-14;1-3-4-2/h4,6-8,10-12H,3,5,9,13H2,1-2H3,(H,22,24,27);4H,3H2,1-2H3. The maximum absolute atomic E-state index is 13.3. The predicted molar refractivity (Wildman–Crippen MR) is 124 cm³/mol. The van der Waals surface area contributed by atoms with Crippen LogP contribution < -0.4 is 10.6 Å². The van der Waals surface area contributed by atoms with E-state index in [9.17, 15) is 14.0 Å². The van der Waals surface area contributed by atoms with Gasteiger partial charge in [0.2, 0.25) is 11.8 Å². The van der Waals surface area contributed by atoms with Gasteiger partial charge in [-0.2, -0.15) is 5.10 Å². The topological polar surface area (TPSA) is 92.2 Å². The van der Waals surface area contributed by atoms with Gasteiger partial charge in [-0.3, -0.25) is 14.3 Å². The Kier molecular flexibility index (Phi) is 9.75. The fourth-order valence-corrected chi connectivity index (χ4v) is 2.74. The SMILES string of the molecule is CCNC.CN(C)C(=O)Cn1cc(-c2ccc(NC(=O)CC3=CCCC(F)=C3)nc2)cn1. The van der Waals surface area contributed by atoms with Crippen LogP contribution in [0.5, 0.6) is 0 Å². The number of likely N-dealkylation sites (N-methyl/N-ethyl adjacent to an activating group) is 1. The normalized spacial score (nSPS) is 12.8. The predicted octanol–water partition coefficient (Wildman–Crippen LogP) is 3.16. The van der Waals surface area contributed by atoms with Gasteiger partial charge < -0.3 is 15.5 Å². The number of anilines is 1. The Hall–Kier alpha value is -3.33. The summed E-state index contributed by atoms with van der Waals surface area (Å²) in [5, 5.41) is 9.83. The van der Waals surface area contributed by atoms with Crippen LogP contribution in [-0.2, 0) is 16.1 Å². The molecule has 2 N–H and O–H groups in total. The molecular weight excluding hydrogens is 411 g/mol. The van der Waals surface area contributed by atoms with E-state index in [1.54, 1.807) is 43.4 Å². The smallest absolute Gasteiger partial charge is 0.243 e. The molecule has 172 valence electrons. The third kappa shape index (κ3) is 8.07. The number of hydrogen-bond donors (Lipinski definition) is 2. The van der Waals surface area contributed by atoms with Crippen LogP contribution in [0.4, 0.5) is 10.2 Å². The van der Waals surface area contributed by atoms with Crippen molar-refractivity contribution in [3.63, 3.8) is 0 Å². The first-order chi connectivity index (χ1) is 15.3. The summed E-state index contributed by atoms with van der Waals surface area (Å²) >= 11 is 0. The van der Waals surface area contributed by atoms with E-state index in [0.717, 1.165) is 17.7 Å². The fourth-order valence-electron chi connectivity index (χ4n) is 2.74. The van der Waals surface area contributed by atoms with E-state index < -0.39 is 0 Å². The minimum absolute atomic E-state index is 0.0476. The van der Waals surface area contributed by atoms with Crippen molar-refractivity contribution >= 4 is 17.6 Å². The summed E-state index contributed by atoms with van der Waals surface area (Å²) in [7, 11) is 5.32. The molecule has 1 aliphatic carbocycles. The Bertz CT molecular complexity index is 961. The first kappa shape index (κ1) is 24.9. The number of carbonyl (C=O) groups excluding carboxylic acids is 2. The molecule has 2 aromatic rings. The molecule has 8 nitrogen and oxygen atoms in total. The molecule has 0 radical (unpaired) electrons. The van der Waals surface area contributed by atoms with Crippen LogP contribution in [0.25, 0.3) is 11.1 Å². The number of halogens is 1. The van der Waals surface area contributed by atoms with Crippen molar-refractivity contribution in [2.75, 3.05) is 33.0 Å². The molecule has 0 aliphatic heterocycles. The molecule has 0 unspecified atom stereocenters. The largest absolute Gasteiger partial charge is 0.347 e. The van der Waals surface area contributed by atoms with Crippen molar-refractivity contribution in [1.82, 2.24) is 25.0 Å². The molecule has 0 saturated heterocycles. The summed E-state index contributed by atoms with van der Waals surface area (Å²) in [6.45, 7) is 3.31. The highest BCUT2D eigenvalue weighted by Gasteiger charge is 2.11. The highest BCUT2D eigenvalue weighted by molar-refractivity contribution is 5.92. The minimum Gasteiger partial charge on any atom is -0.347 e. The van der Waals surface area contributed by atoms with E-state index >= 15 is 0 Å². The van der Waals surface area contributed by atoms with Gasteiger partial charge in [-0.15, -0.1) is 0 Å². The van der Waals surface area contributed by atoms with E-state index in [0.29, 0.717) is 24.2 Å². The number of aromatic nitrogens is 3. The summed E-state index contributed by atoms with van der Waals surface area (Å²) in [4.78, 5) is 29.6. The highest BCUT2D eigenvalue weighted by Crippen LogP contribution is 2.22. The van der Waals surface area contributed by atoms with Crippen LogP contribution in [0.3, 0.4) is 0 Å². The lowest BCUT2D eigenvalue weighted by Gasteiger charge is -2.09. The van der Waals surface area contributed by atoms with Gasteiger partial charge in [0, 0.05) is 44.0 Å². The van der Waals surface area contributed by atoms with Gasteiger partial charge >= 0.3 is 0 Å². The highest BCUT2D eigenvalue weighted by atomic mass is 19.1. The Morgan fingerprint density at radius 1 is 1.22 bits per heavy atom. The molecule has 2 aromatic heterocycles. The number of allylic oxidation sites excluding steroid dienone is 3. The molecule has 0 aromatic carbocycles. The lowest BCUT2D eigenvalue weighted by atomic mass is 10.0. The summed E-state index contributed by atoms with van der Waals surface area (Å²) in [6, 6.07) is 3.51. The van der Waals surface area contributed by atoms with Gasteiger partial charge in [-0.25, -0.2) is 9.37 Å². The number of pyridine rings is 1. The molecule has 2 heterocycles. The van der Waals surface area contributed by atoms with Gasteiger partial charge in [0.05, 0.1) is 12.6 Å². The van der Waals surface area contributed by atoms with Crippen molar-refractivity contribution in [1.29, 1.82) is 0 Å². The molecule has 1 aliphatic rings. The number of nitrogens with zero attached hydrogens (tertiary/aromatic N) is 4. The van der Waals surface area contributed by atoms with Crippen LogP contribution in [0.15, 0.2) is 54.3 Å². The third-order valence-electron chi connectivity index (χ3n) is 4.64. The van der Waals surface area contributed by atoms with Crippen molar-refractivity contribution in [3.05, 3.63) is 54.3 Å². The molecule has 9 heteroatoms. The zero-order valence-electron chi connectivity index (χ0n) is 19.1. The summed E-state index contributed by atoms with van der Waals surface area (Å²) in [5.41, 5.74) is 2.32. The summed E-state index contributed by atoms with van der Waals surface area (Å²) < 4.78 is 14.8. The number of amides is 2. The second-order valence-electron chi connectivity index (χ2n) is 7.49. The van der Waals surface area contributed by atoms with Crippen LogP contribution in [0, 0.1) is 0 Å². The molecule has 32 heavy (non-hydrogen) atoms. The number of carbonyl (C=O) groups is 2. The fraction of sp³-hybridized carbons (Fsp3) is 0.391. The van der Waals surface area contributed by atoms with Gasteiger partial charge in [0.25, 0.3) is 0 Å². The molecule has 0 bridgehead atoms. The first-order valence-electron chi connectivity index (χ1n) is 10.5. The minimum atomic E-state index is -0.243. The van der Waals surface area contributed by atoms with Crippen LogP contribution in [0.1, 0.15) is 26.2 Å². The van der Waals surface area contributed by atoms with Crippen LogP contribution in [0.2, 0.25) is 0 Å². The lowest BCUT2D eigenvalue weighted by molar-refractivity contribution is -0.129. The van der Waals surface area contributed by atoms with Crippen LogP contribution >= 0.6 is 0 Å². The molecule has 2 amide bonds. The first-order valence-corrected chi connectivity index (χ1v) is 10.5. The van der Waals surface area contributed by atoms with Gasteiger partial charge in [-0.1, -0.05) is 13.0 Å². The maximum Gasteiger partial charge on any atom is 0.243 e. The van der Waals surface area contributed by atoms with E-state index in [1.807, 2.05) is 19.2 Å². The zero-order valence-corrected chi connectivity index (χ0v) is 19.1. The Balaban J connectivity index is 0.000000837. The van der Waals surface area contributed by atoms with Crippen molar-refractivity contribution < 1.29 is 14.0 Å². The monoisotopic (exact) mass is 442 g/mol. The molecule has 0 saturated carbocycles. The van der Waals surface area contributed by atoms with Crippen molar-refractivity contribution in [2.45, 2.75) is 32.7 Å². The van der Waals surface area contributed by atoms with Gasteiger partial charge in [0.15, 0.2) is 0 Å². The second kappa shape index (κ2) is 12.5. The Morgan fingerprint density at radius 2 is 1.97 bits per heavy atom. The van der Waals surface area contributed by atoms with E-state index in [1.165, 1.54) is 11.0 Å². The number of rotatable bonds is 7. The maximum atomic E-state index is 13.3. The van der Waals surface area contributed by atoms with Crippen LogP contribution in [-0.4, -0.2) is 59.2 Å². The van der Waals surface area contributed by atoms with Crippen molar-refractivity contribution in [2.24, 2.45) is 0 Å². The van der Waals surface area contributed by atoms with E-state index in [-0.39, 0.29) is 30.6 Å². The number of nitrogens with one attached hydrogen (secondary N) is 2. The molecule has 0 atom stereocenters. The zero-order chi connectivity index (χ0) is 23.5. The lowest BCUT2D eigenvalue weighted by Crippen LogP contribution is -2.26. The van der Waals surface area contributed by atoms with Gasteiger partial charge in [0.1, 0.15) is 18.2 Å². The average molecular weight is 443 g/mol. The van der Waals surface area contributed by atoms with E-state index in [4.69, 9.17) is 0 Å². The average Bonchev–Trinajstić information content (AvgIpc) is 3.22. The number of hydrogen-bond acceptors (Lipinski definition) is 5. The second-order valence-corrected chi connectivity index (χ2v) is 7.49. The third-order valence-corrected chi connectivity index (χ3v) is 4.64. The molecule has 0 spiro atoms. The van der Waals surface area contributed by atoms with E-state index in [2.05, 4.69) is 27.6 Å².